The van der Waals surface area contributed by atoms with Gasteiger partial charge in [-0.05, 0) is 37.3 Å². The molecule has 0 radical (unpaired) electrons. The summed E-state index contributed by atoms with van der Waals surface area (Å²) in [4.78, 5) is 41.4. The smallest absolute Gasteiger partial charge is 0.338 e. The largest absolute Gasteiger partial charge is 0.462 e. The van der Waals surface area contributed by atoms with E-state index in [0.717, 1.165) is 4.70 Å². The Morgan fingerprint density at radius 3 is 2.23 bits per heavy atom. The summed E-state index contributed by atoms with van der Waals surface area (Å²) in [7, 11) is 0. The van der Waals surface area contributed by atoms with Crippen LogP contribution in [0.3, 0.4) is 0 Å². The molecule has 0 fully saturated rings. The van der Waals surface area contributed by atoms with Gasteiger partial charge in [0.15, 0.2) is 10.9 Å². The maximum absolute atomic E-state index is 12.6. The van der Waals surface area contributed by atoms with Crippen LogP contribution >= 0.6 is 11.3 Å². The molecule has 6 nitrogen and oxygen atoms in total. The molecule has 7 heteroatoms. The average Bonchev–Trinajstić information content (AvgIpc) is 3.21. The molecule has 154 valence electrons. The minimum absolute atomic E-state index is 0.101. The number of amides is 1. The second-order valence-electron chi connectivity index (χ2n) is 6.65. The number of hydrogen-bond acceptors (Lipinski definition) is 6. The van der Waals surface area contributed by atoms with E-state index in [1.54, 1.807) is 61.5 Å². The number of rotatable bonds is 6. The van der Waals surface area contributed by atoms with Gasteiger partial charge in [0.05, 0.1) is 22.4 Å². The monoisotopic (exact) mass is 430 g/mol. The van der Waals surface area contributed by atoms with Gasteiger partial charge in [0.2, 0.25) is 0 Å². The molecule has 0 saturated heterocycles. The van der Waals surface area contributed by atoms with E-state index in [-0.39, 0.29) is 11.7 Å². The van der Waals surface area contributed by atoms with Gasteiger partial charge in [0.1, 0.15) is 0 Å². The Kier molecular flexibility index (Phi) is 5.86. The summed E-state index contributed by atoms with van der Waals surface area (Å²) >= 11 is 1.27. The van der Waals surface area contributed by atoms with E-state index in [0.29, 0.717) is 39.5 Å². The number of nitrogens with zero attached hydrogens (tertiary/aromatic N) is 1. The lowest BCUT2D eigenvalue weighted by atomic mass is 10.0. The molecular weight excluding hydrogens is 412 g/mol. The molecule has 0 spiro atoms. The zero-order valence-corrected chi connectivity index (χ0v) is 17.4. The van der Waals surface area contributed by atoms with Crippen molar-refractivity contribution in [2.45, 2.75) is 6.92 Å². The van der Waals surface area contributed by atoms with Crippen molar-refractivity contribution in [3.8, 4) is 0 Å². The fraction of sp³-hybridized carbons (Fsp3) is 0.0833. The fourth-order valence-corrected chi connectivity index (χ4v) is 3.92. The third kappa shape index (κ3) is 4.51. The van der Waals surface area contributed by atoms with Gasteiger partial charge in [-0.3, -0.25) is 14.9 Å². The topological polar surface area (TPSA) is 85.4 Å². The highest BCUT2D eigenvalue weighted by Crippen LogP contribution is 2.27. The molecule has 0 unspecified atom stereocenters. The SMILES string of the molecule is CCOC(=O)c1ccc2nc(NC(=O)c3ccc(C(=O)c4ccccc4)cc3)sc2c1. The summed E-state index contributed by atoms with van der Waals surface area (Å²) < 4.78 is 5.78. The normalized spacial score (nSPS) is 10.6. The number of ketones is 1. The molecule has 4 aromatic rings. The first-order valence-electron chi connectivity index (χ1n) is 9.64. The molecule has 4 rings (SSSR count). The summed E-state index contributed by atoms with van der Waals surface area (Å²) in [6.07, 6.45) is 0. The highest BCUT2D eigenvalue weighted by atomic mass is 32.1. The molecule has 31 heavy (non-hydrogen) atoms. The van der Waals surface area contributed by atoms with Crippen molar-refractivity contribution < 1.29 is 19.1 Å². The van der Waals surface area contributed by atoms with Gasteiger partial charge >= 0.3 is 5.97 Å². The zero-order valence-electron chi connectivity index (χ0n) is 16.6. The molecule has 1 aromatic heterocycles. The number of aromatic nitrogens is 1. The number of carbonyl (C=O) groups is 3. The van der Waals surface area contributed by atoms with Crippen LogP contribution in [0.5, 0.6) is 0 Å². The summed E-state index contributed by atoms with van der Waals surface area (Å²) in [6.45, 7) is 2.05. The van der Waals surface area contributed by atoms with Crippen molar-refractivity contribution in [1.82, 2.24) is 4.98 Å². The van der Waals surface area contributed by atoms with Gasteiger partial charge in [-0.25, -0.2) is 9.78 Å². The molecule has 0 bridgehead atoms. The van der Waals surface area contributed by atoms with Crippen LogP contribution in [0.15, 0.2) is 72.8 Å². The number of benzene rings is 3. The van der Waals surface area contributed by atoms with Crippen LogP contribution in [0.2, 0.25) is 0 Å². The second kappa shape index (κ2) is 8.89. The minimum Gasteiger partial charge on any atom is -0.462 e. The number of carbonyl (C=O) groups excluding carboxylic acids is 3. The molecule has 0 aliphatic rings. The van der Waals surface area contributed by atoms with E-state index in [9.17, 15) is 14.4 Å². The number of anilines is 1. The molecule has 0 saturated carbocycles. The standard InChI is InChI=1S/C24H18N2O4S/c1-2-30-23(29)18-12-13-19-20(14-18)31-24(25-19)26-22(28)17-10-8-16(9-11-17)21(27)15-6-4-3-5-7-15/h3-14H,2H2,1H3,(H,25,26,28). The average molecular weight is 430 g/mol. The van der Waals surface area contributed by atoms with Gasteiger partial charge < -0.3 is 4.74 Å². The van der Waals surface area contributed by atoms with Crippen LogP contribution in [0, 0.1) is 0 Å². The van der Waals surface area contributed by atoms with Crippen LogP contribution < -0.4 is 5.32 Å². The highest BCUT2D eigenvalue weighted by Gasteiger charge is 2.14. The van der Waals surface area contributed by atoms with Crippen LogP contribution in [0.25, 0.3) is 10.2 Å². The molecule has 1 heterocycles. The summed E-state index contributed by atoms with van der Waals surface area (Å²) in [5.41, 5.74) is 2.63. The first-order valence-corrected chi connectivity index (χ1v) is 10.5. The van der Waals surface area contributed by atoms with Crippen molar-refractivity contribution in [2.75, 3.05) is 11.9 Å². The van der Waals surface area contributed by atoms with E-state index in [1.165, 1.54) is 11.3 Å². The number of ether oxygens (including phenoxy) is 1. The molecule has 0 atom stereocenters. The minimum atomic E-state index is -0.395. The maximum Gasteiger partial charge on any atom is 0.338 e. The van der Waals surface area contributed by atoms with Crippen LogP contribution in [-0.2, 0) is 4.74 Å². The summed E-state index contributed by atoms with van der Waals surface area (Å²) in [5.74, 6) is -0.826. The number of esters is 1. The first-order chi connectivity index (χ1) is 15.0. The predicted molar refractivity (Wildman–Crippen MR) is 120 cm³/mol. The Balaban J connectivity index is 1.48. The fourth-order valence-electron chi connectivity index (χ4n) is 3.02. The lowest BCUT2D eigenvalue weighted by Crippen LogP contribution is -2.12. The zero-order chi connectivity index (χ0) is 21.8. The highest BCUT2D eigenvalue weighted by molar-refractivity contribution is 7.22. The van der Waals surface area contributed by atoms with Crippen LogP contribution in [0.4, 0.5) is 5.13 Å². The van der Waals surface area contributed by atoms with E-state index in [4.69, 9.17) is 4.74 Å². The van der Waals surface area contributed by atoms with Gasteiger partial charge in [-0.15, -0.1) is 0 Å². The van der Waals surface area contributed by atoms with Crippen molar-refractivity contribution in [3.63, 3.8) is 0 Å². The molecule has 0 aliphatic heterocycles. The Hall–Kier alpha value is -3.84. The van der Waals surface area contributed by atoms with Crippen molar-refractivity contribution in [3.05, 3.63) is 95.1 Å². The van der Waals surface area contributed by atoms with E-state index < -0.39 is 5.97 Å². The Morgan fingerprint density at radius 2 is 1.52 bits per heavy atom. The van der Waals surface area contributed by atoms with Gasteiger partial charge in [-0.1, -0.05) is 53.8 Å². The third-order valence-electron chi connectivity index (χ3n) is 4.57. The van der Waals surface area contributed by atoms with Crippen molar-refractivity contribution in [1.29, 1.82) is 0 Å². The van der Waals surface area contributed by atoms with E-state index in [2.05, 4.69) is 10.3 Å². The van der Waals surface area contributed by atoms with Gasteiger partial charge in [-0.2, -0.15) is 0 Å². The Bertz CT molecular complexity index is 1260. The molecular formula is C24H18N2O4S. The lowest BCUT2D eigenvalue weighted by molar-refractivity contribution is 0.0526. The third-order valence-corrected chi connectivity index (χ3v) is 5.50. The second-order valence-corrected chi connectivity index (χ2v) is 7.68. The number of thiazole rings is 1. The summed E-state index contributed by atoms with van der Waals surface area (Å²) in [6, 6.07) is 20.5. The number of hydrogen-bond donors (Lipinski definition) is 1. The van der Waals surface area contributed by atoms with Crippen molar-refractivity contribution >= 4 is 44.3 Å². The molecule has 1 amide bonds. The van der Waals surface area contributed by atoms with E-state index >= 15 is 0 Å². The Labute approximate surface area is 182 Å². The lowest BCUT2D eigenvalue weighted by Gasteiger charge is -2.04. The Morgan fingerprint density at radius 1 is 0.871 bits per heavy atom. The first kappa shape index (κ1) is 20.4. The maximum atomic E-state index is 12.6. The molecule has 1 N–H and O–H groups in total. The summed E-state index contributed by atoms with van der Waals surface area (Å²) in [5, 5.41) is 3.19. The van der Waals surface area contributed by atoms with E-state index in [1.807, 2.05) is 18.2 Å². The van der Waals surface area contributed by atoms with Crippen LogP contribution in [0.1, 0.15) is 43.6 Å². The van der Waals surface area contributed by atoms with Crippen LogP contribution in [-0.4, -0.2) is 29.3 Å². The van der Waals surface area contributed by atoms with Gasteiger partial charge in [0.25, 0.3) is 5.91 Å². The van der Waals surface area contributed by atoms with Crippen molar-refractivity contribution in [2.24, 2.45) is 0 Å². The molecule has 3 aromatic carbocycles. The molecule has 0 aliphatic carbocycles. The quantitative estimate of drug-likeness (QED) is 0.345. The number of nitrogens with one attached hydrogen (secondary N) is 1. The predicted octanol–water partition coefficient (Wildman–Crippen LogP) is 4.96. The number of fused-ring (bicyclic) bond motifs is 1. The van der Waals surface area contributed by atoms with Gasteiger partial charge in [0, 0.05) is 16.7 Å².